The van der Waals surface area contributed by atoms with E-state index >= 15 is 0 Å². The summed E-state index contributed by atoms with van der Waals surface area (Å²) in [5.74, 6) is 0.332. The summed E-state index contributed by atoms with van der Waals surface area (Å²) in [5, 5.41) is 0. The third-order valence-electron chi connectivity index (χ3n) is 4.92. The third-order valence-corrected chi connectivity index (χ3v) is 4.92. The lowest BCUT2D eigenvalue weighted by Crippen LogP contribution is -2.44. The molecule has 0 bridgehead atoms. The van der Waals surface area contributed by atoms with E-state index in [1.54, 1.807) is 12.0 Å². The molecule has 1 amide bonds. The molecule has 2 atom stereocenters. The molecule has 2 fully saturated rings. The second kappa shape index (κ2) is 6.37. The molecule has 0 aliphatic carbocycles. The average molecular weight is 332 g/mol. The van der Waals surface area contributed by atoms with Crippen molar-refractivity contribution in [3.8, 4) is 0 Å². The van der Waals surface area contributed by atoms with E-state index in [0.29, 0.717) is 19.0 Å². The van der Waals surface area contributed by atoms with Crippen LogP contribution in [0.15, 0.2) is 30.3 Å². The van der Waals surface area contributed by atoms with E-state index < -0.39 is 5.60 Å². The highest BCUT2D eigenvalue weighted by atomic mass is 16.6. The first kappa shape index (κ1) is 17.2. The van der Waals surface area contributed by atoms with Gasteiger partial charge in [0.1, 0.15) is 11.2 Å². The van der Waals surface area contributed by atoms with Gasteiger partial charge in [0.25, 0.3) is 0 Å². The summed E-state index contributed by atoms with van der Waals surface area (Å²) in [7, 11) is 1.76. The fourth-order valence-electron chi connectivity index (χ4n) is 3.83. The number of benzene rings is 1. The number of carbonyl (C=O) groups excluding carboxylic acids is 1. The average Bonchev–Trinajstić information content (AvgIpc) is 3.00. The van der Waals surface area contributed by atoms with E-state index in [4.69, 9.17) is 9.47 Å². The van der Waals surface area contributed by atoms with Crippen LogP contribution in [-0.2, 0) is 16.0 Å². The van der Waals surface area contributed by atoms with Crippen LogP contribution in [0.25, 0.3) is 0 Å². The Balaban J connectivity index is 1.63. The number of rotatable bonds is 3. The van der Waals surface area contributed by atoms with E-state index in [2.05, 4.69) is 29.2 Å². The van der Waals surface area contributed by atoms with Crippen LogP contribution in [0.4, 0.5) is 4.79 Å². The van der Waals surface area contributed by atoms with Crippen molar-refractivity contribution >= 4 is 6.09 Å². The standard InChI is InChI=1S/C19H28N2O3/c1-18(2,3)24-17(22)21-12-16-11-20(13-19(16,14-21)23-4)10-15-8-6-5-7-9-15/h5-9,16H,10-14H2,1-4H3. The van der Waals surface area contributed by atoms with Gasteiger partial charge >= 0.3 is 6.09 Å². The molecule has 0 saturated carbocycles. The zero-order chi connectivity index (χ0) is 17.4. The van der Waals surface area contributed by atoms with Crippen molar-refractivity contribution in [2.45, 2.75) is 38.5 Å². The zero-order valence-corrected chi connectivity index (χ0v) is 15.1. The van der Waals surface area contributed by atoms with Crippen molar-refractivity contribution in [2.24, 2.45) is 5.92 Å². The number of hydrogen-bond acceptors (Lipinski definition) is 4. The summed E-state index contributed by atoms with van der Waals surface area (Å²) in [6.07, 6.45) is -0.233. The molecule has 2 unspecified atom stereocenters. The fourth-order valence-corrected chi connectivity index (χ4v) is 3.83. The zero-order valence-electron chi connectivity index (χ0n) is 15.1. The summed E-state index contributed by atoms with van der Waals surface area (Å²) in [6, 6.07) is 10.5. The molecule has 132 valence electrons. The first-order valence-corrected chi connectivity index (χ1v) is 8.61. The van der Waals surface area contributed by atoms with E-state index in [-0.39, 0.29) is 11.7 Å². The molecule has 3 rings (SSSR count). The van der Waals surface area contributed by atoms with Gasteiger partial charge in [-0.15, -0.1) is 0 Å². The minimum absolute atomic E-state index is 0.233. The van der Waals surface area contributed by atoms with Gasteiger partial charge in [0.2, 0.25) is 0 Å². The molecular weight excluding hydrogens is 304 g/mol. The quantitative estimate of drug-likeness (QED) is 0.853. The summed E-state index contributed by atoms with van der Waals surface area (Å²) in [4.78, 5) is 16.6. The summed E-state index contributed by atoms with van der Waals surface area (Å²) < 4.78 is 11.4. The van der Waals surface area contributed by atoms with E-state index in [9.17, 15) is 4.79 Å². The maximum absolute atomic E-state index is 12.4. The van der Waals surface area contributed by atoms with Gasteiger partial charge in [0.15, 0.2) is 0 Å². The maximum atomic E-state index is 12.4. The van der Waals surface area contributed by atoms with Crippen molar-refractivity contribution in [1.82, 2.24) is 9.80 Å². The summed E-state index contributed by atoms with van der Waals surface area (Å²) in [6.45, 7) is 9.72. The number of likely N-dealkylation sites (tertiary alicyclic amines) is 2. The van der Waals surface area contributed by atoms with Crippen LogP contribution >= 0.6 is 0 Å². The second-order valence-corrected chi connectivity index (χ2v) is 7.98. The molecule has 2 heterocycles. The Morgan fingerprint density at radius 1 is 1.21 bits per heavy atom. The SMILES string of the molecule is COC12CN(Cc3ccccc3)CC1CN(C(=O)OC(C)(C)C)C2. The minimum Gasteiger partial charge on any atom is -0.444 e. The van der Waals surface area contributed by atoms with Crippen LogP contribution in [0.3, 0.4) is 0 Å². The molecule has 2 aliphatic rings. The van der Waals surface area contributed by atoms with Crippen LogP contribution in [0.2, 0.25) is 0 Å². The van der Waals surface area contributed by atoms with Crippen molar-refractivity contribution in [1.29, 1.82) is 0 Å². The van der Waals surface area contributed by atoms with Gasteiger partial charge in [-0.05, 0) is 26.3 Å². The lowest BCUT2D eigenvalue weighted by Gasteiger charge is -2.29. The van der Waals surface area contributed by atoms with Gasteiger partial charge in [-0.3, -0.25) is 4.90 Å². The number of fused-ring (bicyclic) bond motifs is 1. The van der Waals surface area contributed by atoms with Gasteiger partial charge < -0.3 is 14.4 Å². The number of hydrogen-bond donors (Lipinski definition) is 0. The maximum Gasteiger partial charge on any atom is 0.410 e. The molecule has 0 radical (unpaired) electrons. The highest BCUT2D eigenvalue weighted by Crippen LogP contribution is 2.38. The lowest BCUT2D eigenvalue weighted by molar-refractivity contribution is -0.0180. The van der Waals surface area contributed by atoms with Gasteiger partial charge in [0.05, 0.1) is 6.54 Å². The number of ether oxygens (including phenoxy) is 2. The van der Waals surface area contributed by atoms with Crippen molar-refractivity contribution < 1.29 is 14.3 Å². The van der Waals surface area contributed by atoms with Crippen LogP contribution in [0, 0.1) is 5.92 Å². The molecule has 5 nitrogen and oxygen atoms in total. The number of carbonyl (C=O) groups is 1. The topological polar surface area (TPSA) is 42.0 Å². The molecule has 0 spiro atoms. The Kier molecular flexibility index (Phi) is 4.58. The van der Waals surface area contributed by atoms with E-state index in [1.165, 1.54) is 5.56 Å². The number of methoxy groups -OCH3 is 1. The van der Waals surface area contributed by atoms with Crippen molar-refractivity contribution in [2.75, 3.05) is 33.3 Å². The van der Waals surface area contributed by atoms with Crippen LogP contribution in [-0.4, -0.2) is 60.4 Å². The smallest absolute Gasteiger partial charge is 0.410 e. The summed E-state index contributed by atoms with van der Waals surface area (Å²) >= 11 is 0. The summed E-state index contributed by atoms with van der Waals surface area (Å²) in [5.41, 5.74) is 0.577. The Labute approximate surface area is 144 Å². The monoisotopic (exact) mass is 332 g/mol. The molecule has 1 aromatic rings. The minimum atomic E-state index is -0.464. The predicted octanol–water partition coefficient (Wildman–Crippen LogP) is 2.75. The highest BCUT2D eigenvalue weighted by molar-refractivity contribution is 5.69. The number of nitrogens with zero attached hydrogens (tertiary/aromatic N) is 2. The highest BCUT2D eigenvalue weighted by Gasteiger charge is 2.54. The molecule has 0 N–H and O–H groups in total. The van der Waals surface area contributed by atoms with Gasteiger partial charge in [0, 0.05) is 39.2 Å². The van der Waals surface area contributed by atoms with Crippen molar-refractivity contribution in [3.63, 3.8) is 0 Å². The molecule has 5 heteroatoms. The molecular formula is C19H28N2O3. The predicted molar refractivity (Wildman–Crippen MR) is 92.8 cm³/mol. The van der Waals surface area contributed by atoms with Crippen LogP contribution in [0.5, 0.6) is 0 Å². The normalized spacial score (nSPS) is 27.3. The largest absolute Gasteiger partial charge is 0.444 e. The second-order valence-electron chi connectivity index (χ2n) is 7.98. The number of amides is 1. The first-order valence-electron chi connectivity index (χ1n) is 8.61. The Morgan fingerprint density at radius 2 is 1.92 bits per heavy atom. The Hall–Kier alpha value is -1.59. The van der Waals surface area contributed by atoms with Gasteiger partial charge in [-0.2, -0.15) is 0 Å². The lowest BCUT2D eigenvalue weighted by atomic mass is 9.95. The van der Waals surface area contributed by atoms with Gasteiger partial charge in [-0.25, -0.2) is 4.79 Å². The Morgan fingerprint density at radius 3 is 2.50 bits per heavy atom. The van der Waals surface area contributed by atoms with Crippen LogP contribution in [0.1, 0.15) is 26.3 Å². The van der Waals surface area contributed by atoms with Crippen LogP contribution < -0.4 is 0 Å². The Bertz CT molecular complexity index is 584. The van der Waals surface area contributed by atoms with Gasteiger partial charge in [-0.1, -0.05) is 30.3 Å². The first-order chi connectivity index (χ1) is 11.3. The van der Waals surface area contributed by atoms with Crippen molar-refractivity contribution in [3.05, 3.63) is 35.9 Å². The molecule has 1 aromatic carbocycles. The van der Waals surface area contributed by atoms with E-state index in [0.717, 1.165) is 19.6 Å². The molecule has 0 aromatic heterocycles. The molecule has 2 aliphatic heterocycles. The van der Waals surface area contributed by atoms with E-state index in [1.807, 2.05) is 26.8 Å². The molecule has 24 heavy (non-hydrogen) atoms. The molecule has 2 saturated heterocycles. The third kappa shape index (κ3) is 3.57. The fraction of sp³-hybridized carbons (Fsp3) is 0.632.